The summed E-state index contributed by atoms with van der Waals surface area (Å²) in [6.45, 7) is 1.57. The number of aliphatic hydroxyl groups excluding tert-OH is 2. The summed E-state index contributed by atoms with van der Waals surface area (Å²) < 4.78 is 20.2. The third-order valence-corrected chi connectivity index (χ3v) is 7.71. The number of rotatable bonds is 10. The number of hydrogen-bond acceptors (Lipinski definition) is 5. The predicted molar refractivity (Wildman–Crippen MR) is 148 cm³/mol. The molecule has 1 saturated heterocycles. The van der Waals surface area contributed by atoms with Gasteiger partial charge in [-0.1, -0.05) is 128 Å². The molecule has 5 nitrogen and oxygen atoms in total. The molecule has 0 saturated carbocycles. The summed E-state index contributed by atoms with van der Waals surface area (Å²) in [4.78, 5) is 0. The lowest BCUT2D eigenvalue weighted by molar-refractivity contribution is -0.00635. The van der Waals surface area contributed by atoms with Crippen molar-refractivity contribution in [2.75, 3.05) is 19.8 Å². The van der Waals surface area contributed by atoms with E-state index in [1.165, 1.54) is 0 Å². The van der Waals surface area contributed by atoms with Gasteiger partial charge in [0.05, 0.1) is 13.2 Å². The lowest BCUT2D eigenvalue weighted by Crippen LogP contribution is -2.48. The van der Waals surface area contributed by atoms with Gasteiger partial charge in [-0.25, -0.2) is 0 Å². The van der Waals surface area contributed by atoms with Gasteiger partial charge in [0.2, 0.25) is 0 Å². The third kappa shape index (κ3) is 4.39. The molecule has 38 heavy (non-hydrogen) atoms. The zero-order valence-corrected chi connectivity index (χ0v) is 21.6. The van der Waals surface area contributed by atoms with Crippen LogP contribution >= 0.6 is 0 Å². The Balaban J connectivity index is 1.77. The quantitative estimate of drug-likeness (QED) is 0.285. The Kier molecular flexibility index (Phi) is 7.79. The van der Waals surface area contributed by atoms with Crippen LogP contribution in [-0.2, 0) is 25.2 Å². The maximum atomic E-state index is 10.0. The Morgan fingerprint density at radius 2 is 0.921 bits per heavy atom. The van der Waals surface area contributed by atoms with E-state index in [4.69, 9.17) is 14.0 Å². The first kappa shape index (κ1) is 26.4. The number of hydrogen-bond donors (Lipinski definition) is 2. The van der Waals surface area contributed by atoms with E-state index in [-0.39, 0.29) is 19.8 Å². The zero-order valence-electron chi connectivity index (χ0n) is 21.6. The summed E-state index contributed by atoms with van der Waals surface area (Å²) in [5.74, 6) is 0. The van der Waals surface area contributed by atoms with Crippen LogP contribution < -0.4 is 0 Å². The van der Waals surface area contributed by atoms with Crippen molar-refractivity contribution in [3.05, 3.63) is 144 Å². The van der Waals surface area contributed by atoms with Gasteiger partial charge in [0.1, 0.15) is 11.2 Å². The van der Waals surface area contributed by atoms with Crippen LogP contribution in [0.2, 0.25) is 0 Å². The highest BCUT2D eigenvalue weighted by molar-refractivity contribution is 6.38. The van der Waals surface area contributed by atoms with Crippen LogP contribution in [0.1, 0.15) is 35.6 Å². The fourth-order valence-corrected chi connectivity index (χ4v) is 5.37. The molecule has 0 bridgehead atoms. The average Bonchev–Trinajstić information content (AvgIpc) is 3.37. The van der Waals surface area contributed by atoms with Crippen molar-refractivity contribution in [3.63, 3.8) is 0 Å². The second-order valence-electron chi connectivity index (χ2n) is 9.83. The molecule has 0 radical (unpaired) electrons. The molecule has 6 heteroatoms. The minimum Gasteiger partial charge on any atom is -0.396 e. The van der Waals surface area contributed by atoms with Gasteiger partial charge in [0.25, 0.3) is 0 Å². The normalized spacial score (nSPS) is 16.4. The van der Waals surface area contributed by atoms with Crippen LogP contribution in [0.4, 0.5) is 0 Å². The first-order chi connectivity index (χ1) is 18.6. The zero-order chi connectivity index (χ0) is 26.5. The molecular weight excluding hydrogens is 475 g/mol. The standard InChI is InChI=1S/C32H33BO5/c1-2-30(23-34,24-35)25-36-33-37-31(26-15-7-3-8-16-26,27-17-9-4-10-18-27)32(38-33,28-19-11-5-12-20-28)29-21-13-6-14-22-29/h3-22,34-35H,2,23-25H2,1H3. The van der Waals surface area contributed by atoms with Gasteiger partial charge in [0, 0.05) is 12.0 Å². The van der Waals surface area contributed by atoms with Gasteiger partial charge in [-0.3, -0.25) is 0 Å². The van der Waals surface area contributed by atoms with Crippen molar-refractivity contribution < 1.29 is 24.2 Å². The molecule has 0 aliphatic carbocycles. The first-order valence-corrected chi connectivity index (χ1v) is 13.1. The van der Waals surface area contributed by atoms with E-state index in [9.17, 15) is 10.2 Å². The molecule has 0 spiro atoms. The molecule has 0 aromatic heterocycles. The molecular formula is C32H33BO5. The summed E-state index contributed by atoms with van der Waals surface area (Å²) in [7, 11) is -1.08. The average molecular weight is 508 g/mol. The van der Waals surface area contributed by atoms with E-state index in [0.29, 0.717) is 6.42 Å². The van der Waals surface area contributed by atoms with Gasteiger partial charge in [0.15, 0.2) is 0 Å². The van der Waals surface area contributed by atoms with Gasteiger partial charge >= 0.3 is 7.32 Å². The smallest absolute Gasteiger partial charge is 0.396 e. The largest absolute Gasteiger partial charge is 0.641 e. The molecule has 2 N–H and O–H groups in total. The van der Waals surface area contributed by atoms with Crippen molar-refractivity contribution >= 4 is 7.32 Å². The van der Waals surface area contributed by atoms with Gasteiger partial charge in [-0.15, -0.1) is 0 Å². The summed E-state index contributed by atoms with van der Waals surface area (Å²) in [6, 6.07) is 40.3. The first-order valence-electron chi connectivity index (χ1n) is 13.1. The lowest BCUT2D eigenvalue weighted by atomic mass is 9.66. The van der Waals surface area contributed by atoms with E-state index in [2.05, 4.69) is 48.5 Å². The van der Waals surface area contributed by atoms with Crippen molar-refractivity contribution in [1.29, 1.82) is 0 Å². The van der Waals surface area contributed by atoms with Crippen molar-refractivity contribution in [2.45, 2.75) is 24.5 Å². The molecule has 1 aliphatic heterocycles. The maximum Gasteiger partial charge on any atom is 0.641 e. The highest BCUT2D eigenvalue weighted by Crippen LogP contribution is 2.58. The summed E-state index contributed by atoms with van der Waals surface area (Å²) in [5, 5.41) is 20.1. The Morgan fingerprint density at radius 1 is 0.605 bits per heavy atom. The fraction of sp³-hybridized carbons (Fsp3) is 0.250. The van der Waals surface area contributed by atoms with Crippen LogP contribution in [0.5, 0.6) is 0 Å². The number of aliphatic hydroxyl groups is 2. The summed E-state index contributed by atoms with van der Waals surface area (Å²) in [5.41, 5.74) is 0.589. The molecule has 194 valence electrons. The molecule has 4 aromatic carbocycles. The Morgan fingerprint density at radius 3 is 1.18 bits per heavy atom. The summed E-state index contributed by atoms with van der Waals surface area (Å²) in [6.07, 6.45) is 0.539. The second-order valence-corrected chi connectivity index (χ2v) is 9.83. The van der Waals surface area contributed by atoms with Crippen molar-refractivity contribution in [3.8, 4) is 0 Å². The van der Waals surface area contributed by atoms with Crippen LogP contribution in [0.15, 0.2) is 121 Å². The highest BCUT2D eigenvalue weighted by atomic mass is 16.8. The monoisotopic (exact) mass is 508 g/mol. The molecule has 5 rings (SSSR count). The maximum absolute atomic E-state index is 10.0. The van der Waals surface area contributed by atoms with Crippen molar-refractivity contribution in [2.24, 2.45) is 5.41 Å². The van der Waals surface area contributed by atoms with Crippen LogP contribution in [-0.4, -0.2) is 37.4 Å². The third-order valence-electron chi connectivity index (χ3n) is 7.71. The van der Waals surface area contributed by atoms with Crippen LogP contribution in [0.3, 0.4) is 0 Å². The van der Waals surface area contributed by atoms with E-state index in [1.807, 2.05) is 79.7 Å². The van der Waals surface area contributed by atoms with Crippen molar-refractivity contribution in [1.82, 2.24) is 0 Å². The lowest BCUT2D eigenvalue weighted by Gasteiger charge is -2.45. The highest BCUT2D eigenvalue weighted by Gasteiger charge is 2.67. The number of benzene rings is 4. The van der Waals surface area contributed by atoms with Crippen LogP contribution in [0.25, 0.3) is 0 Å². The Hall–Kier alpha value is -3.26. The predicted octanol–water partition coefficient (Wildman–Crippen LogP) is 5.30. The molecule has 0 amide bonds. The van der Waals surface area contributed by atoms with E-state index < -0.39 is 23.9 Å². The van der Waals surface area contributed by atoms with Gasteiger partial charge in [-0.05, 0) is 28.7 Å². The van der Waals surface area contributed by atoms with Crippen LogP contribution in [0, 0.1) is 5.41 Å². The Bertz CT molecular complexity index is 1100. The molecule has 1 aliphatic rings. The fourth-order valence-electron chi connectivity index (χ4n) is 5.37. The molecule has 0 unspecified atom stereocenters. The van der Waals surface area contributed by atoms with E-state index >= 15 is 0 Å². The van der Waals surface area contributed by atoms with E-state index in [0.717, 1.165) is 22.3 Å². The molecule has 4 aromatic rings. The van der Waals surface area contributed by atoms with Gasteiger partial charge in [-0.2, -0.15) is 0 Å². The minimum atomic E-state index is -1.13. The Labute approximate surface area is 224 Å². The van der Waals surface area contributed by atoms with Gasteiger partial charge < -0.3 is 24.2 Å². The molecule has 1 heterocycles. The second kappa shape index (κ2) is 11.2. The summed E-state index contributed by atoms with van der Waals surface area (Å²) >= 11 is 0. The topological polar surface area (TPSA) is 68.2 Å². The molecule has 1 fully saturated rings. The minimum absolute atomic E-state index is 0.0699. The molecule has 0 atom stereocenters. The SMILES string of the molecule is CCC(CO)(CO)COB1OC(c2ccccc2)(c2ccccc2)C(c2ccccc2)(c2ccccc2)O1. The van der Waals surface area contributed by atoms with E-state index in [1.54, 1.807) is 0 Å².